The second-order valence-electron chi connectivity index (χ2n) is 6.03. The third-order valence-electron chi connectivity index (χ3n) is 4.17. The third kappa shape index (κ3) is 5.82. The first-order valence-corrected chi connectivity index (χ1v) is 11.4. The van der Waals surface area contributed by atoms with E-state index in [9.17, 15) is 13.2 Å². The molecular weight excluding hydrogens is 380 g/mol. The summed E-state index contributed by atoms with van der Waals surface area (Å²) >= 11 is 1.62. The minimum atomic E-state index is -3.55. The second kappa shape index (κ2) is 9.92. The fourth-order valence-electron chi connectivity index (χ4n) is 2.60. The van der Waals surface area contributed by atoms with Crippen LogP contribution in [0.5, 0.6) is 0 Å². The number of thioether (sulfide) groups is 1. The van der Waals surface area contributed by atoms with Gasteiger partial charge in [0.2, 0.25) is 15.9 Å². The van der Waals surface area contributed by atoms with Crippen molar-refractivity contribution in [1.29, 1.82) is 0 Å². The molecule has 0 atom stereocenters. The zero-order valence-corrected chi connectivity index (χ0v) is 17.6. The molecule has 146 valence electrons. The van der Waals surface area contributed by atoms with Gasteiger partial charge in [0, 0.05) is 35.8 Å². The van der Waals surface area contributed by atoms with E-state index in [1.807, 2.05) is 51.1 Å². The first-order chi connectivity index (χ1) is 12.9. The normalized spacial score (nSPS) is 11.6. The predicted octanol–water partition coefficient (Wildman–Crippen LogP) is 4.15. The van der Waals surface area contributed by atoms with Crippen LogP contribution in [0.4, 0.5) is 5.69 Å². The van der Waals surface area contributed by atoms with Crippen molar-refractivity contribution < 1.29 is 13.2 Å². The van der Waals surface area contributed by atoms with Crippen molar-refractivity contribution in [3.8, 4) is 0 Å². The molecule has 5 nitrogen and oxygen atoms in total. The molecule has 0 spiro atoms. The van der Waals surface area contributed by atoms with Gasteiger partial charge in [-0.25, -0.2) is 8.42 Å². The van der Waals surface area contributed by atoms with Crippen LogP contribution in [0.15, 0.2) is 58.3 Å². The highest BCUT2D eigenvalue weighted by Crippen LogP contribution is 2.24. The first-order valence-electron chi connectivity index (χ1n) is 8.97. The molecule has 0 aliphatic carbocycles. The summed E-state index contributed by atoms with van der Waals surface area (Å²) in [5.41, 5.74) is 1.37. The maximum atomic E-state index is 12.7. The average Bonchev–Trinajstić information content (AvgIpc) is 2.65. The Hall–Kier alpha value is -1.83. The molecule has 0 saturated carbocycles. The molecule has 0 radical (unpaired) electrons. The van der Waals surface area contributed by atoms with E-state index >= 15 is 0 Å². The SMILES string of the molecule is CCN(CC)S(=O)(=O)c1ccc(C)c(NC(=O)CCSc2ccccc2)c1. The third-order valence-corrected chi connectivity index (χ3v) is 7.23. The van der Waals surface area contributed by atoms with Crippen LogP contribution in [0.2, 0.25) is 0 Å². The molecule has 0 unspecified atom stereocenters. The molecule has 0 aliphatic heterocycles. The highest BCUT2D eigenvalue weighted by molar-refractivity contribution is 7.99. The summed E-state index contributed by atoms with van der Waals surface area (Å²) in [6, 6.07) is 14.8. The fourth-order valence-corrected chi connectivity index (χ4v) is 4.96. The molecule has 1 amide bonds. The maximum absolute atomic E-state index is 12.7. The zero-order valence-electron chi connectivity index (χ0n) is 15.9. The number of rotatable bonds is 9. The van der Waals surface area contributed by atoms with Gasteiger partial charge in [0.05, 0.1) is 4.90 Å². The van der Waals surface area contributed by atoms with Gasteiger partial charge in [-0.3, -0.25) is 4.79 Å². The van der Waals surface area contributed by atoms with Gasteiger partial charge in [-0.05, 0) is 36.8 Å². The van der Waals surface area contributed by atoms with Gasteiger partial charge < -0.3 is 5.32 Å². The van der Waals surface area contributed by atoms with Gasteiger partial charge in [0.15, 0.2) is 0 Å². The van der Waals surface area contributed by atoms with Gasteiger partial charge in [-0.1, -0.05) is 38.1 Å². The Morgan fingerprint density at radius 1 is 1.07 bits per heavy atom. The monoisotopic (exact) mass is 406 g/mol. The first kappa shape index (κ1) is 21.5. The molecule has 0 saturated heterocycles. The molecule has 2 aromatic carbocycles. The van der Waals surface area contributed by atoms with Gasteiger partial charge >= 0.3 is 0 Å². The van der Waals surface area contributed by atoms with Crippen molar-refractivity contribution in [2.75, 3.05) is 24.2 Å². The van der Waals surface area contributed by atoms with Crippen LogP contribution in [0.25, 0.3) is 0 Å². The summed E-state index contributed by atoms with van der Waals surface area (Å²) in [7, 11) is -3.55. The zero-order chi connectivity index (χ0) is 19.9. The number of anilines is 1. The summed E-state index contributed by atoms with van der Waals surface area (Å²) in [4.78, 5) is 13.6. The molecule has 7 heteroatoms. The maximum Gasteiger partial charge on any atom is 0.243 e. The standard InChI is InChI=1S/C20H26N2O3S2/c1-4-22(5-2)27(24,25)18-12-11-16(3)19(15-18)21-20(23)13-14-26-17-9-7-6-8-10-17/h6-12,15H,4-5,13-14H2,1-3H3,(H,21,23). The van der Waals surface area contributed by atoms with Crippen molar-refractivity contribution in [3.05, 3.63) is 54.1 Å². The number of nitrogens with one attached hydrogen (secondary N) is 1. The molecule has 1 N–H and O–H groups in total. The number of hydrogen-bond donors (Lipinski definition) is 1. The number of hydrogen-bond acceptors (Lipinski definition) is 4. The van der Waals surface area contributed by atoms with Crippen molar-refractivity contribution >= 4 is 33.4 Å². The van der Waals surface area contributed by atoms with Crippen LogP contribution in [0.1, 0.15) is 25.8 Å². The van der Waals surface area contributed by atoms with Crippen LogP contribution in [-0.2, 0) is 14.8 Å². The Kier molecular flexibility index (Phi) is 7.89. The Balaban J connectivity index is 2.04. The van der Waals surface area contributed by atoms with E-state index in [1.54, 1.807) is 30.0 Å². The number of amides is 1. The lowest BCUT2D eigenvalue weighted by Crippen LogP contribution is -2.30. The highest BCUT2D eigenvalue weighted by atomic mass is 32.2. The van der Waals surface area contributed by atoms with E-state index in [1.165, 1.54) is 4.31 Å². The average molecular weight is 407 g/mol. The van der Waals surface area contributed by atoms with Gasteiger partial charge in [-0.2, -0.15) is 4.31 Å². The van der Waals surface area contributed by atoms with E-state index in [0.717, 1.165) is 10.5 Å². The predicted molar refractivity (Wildman–Crippen MR) is 112 cm³/mol. The number of carbonyl (C=O) groups is 1. The van der Waals surface area contributed by atoms with Crippen molar-refractivity contribution in [1.82, 2.24) is 4.31 Å². The molecule has 0 bridgehead atoms. The molecule has 0 fully saturated rings. The quantitative estimate of drug-likeness (QED) is 0.636. The van der Waals surface area contributed by atoms with Crippen LogP contribution in [0, 0.1) is 6.92 Å². The molecule has 2 aromatic rings. The van der Waals surface area contributed by atoms with Crippen LogP contribution in [0.3, 0.4) is 0 Å². The van der Waals surface area contributed by atoms with E-state index < -0.39 is 10.0 Å². The van der Waals surface area contributed by atoms with Gasteiger partial charge in [-0.15, -0.1) is 11.8 Å². The topological polar surface area (TPSA) is 66.5 Å². The van der Waals surface area contributed by atoms with Crippen LogP contribution < -0.4 is 5.32 Å². The smallest absolute Gasteiger partial charge is 0.243 e. The fraction of sp³-hybridized carbons (Fsp3) is 0.350. The molecule has 27 heavy (non-hydrogen) atoms. The highest BCUT2D eigenvalue weighted by Gasteiger charge is 2.22. The summed E-state index contributed by atoms with van der Waals surface area (Å²) in [5.74, 6) is 0.533. The number of sulfonamides is 1. The minimum absolute atomic E-state index is 0.126. The summed E-state index contributed by atoms with van der Waals surface area (Å²) < 4.78 is 26.8. The summed E-state index contributed by atoms with van der Waals surface area (Å²) in [6.45, 7) is 6.28. The van der Waals surface area contributed by atoms with E-state index in [-0.39, 0.29) is 10.8 Å². The lowest BCUT2D eigenvalue weighted by atomic mass is 10.2. The lowest BCUT2D eigenvalue weighted by molar-refractivity contribution is -0.115. The van der Waals surface area contributed by atoms with Crippen molar-refractivity contribution in [3.63, 3.8) is 0 Å². The number of nitrogens with zero attached hydrogens (tertiary/aromatic N) is 1. The van der Waals surface area contributed by atoms with E-state index in [2.05, 4.69) is 5.32 Å². The minimum Gasteiger partial charge on any atom is -0.326 e. The van der Waals surface area contributed by atoms with E-state index in [0.29, 0.717) is 31.0 Å². The molecule has 0 heterocycles. The molecule has 0 aromatic heterocycles. The second-order valence-corrected chi connectivity index (χ2v) is 9.13. The number of benzene rings is 2. The van der Waals surface area contributed by atoms with Gasteiger partial charge in [0.25, 0.3) is 0 Å². The Morgan fingerprint density at radius 2 is 1.74 bits per heavy atom. The van der Waals surface area contributed by atoms with Crippen molar-refractivity contribution in [2.24, 2.45) is 0 Å². The number of aryl methyl sites for hydroxylation is 1. The summed E-state index contributed by atoms with van der Waals surface area (Å²) in [5, 5.41) is 2.85. The van der Waals surface area contributed by atoms with Crippen LogP contribution in [-0.4, -0.2) is 37.5 Å². The van der Waals surface area contributed by atoms with Crippen LogP contribution >= 0.6 is 11.8 Å². The lowest BCUT2D eigenvalue weighted by Gasteiger charge is -2.19. The Labute approximate surface area is 166 Å². The molecule has 0 aliphatic rings. The van der Waals surface area contributed by atoms with Crippen molar-refractivity contribution in [2.45, 2.75) is 37.0 Å². The number of carbonyl (C=O) groups excluding carboxylic acids is 1. The Bertz CT molecular complexity index is 864. The Morgan fingerprint density at radius 3 is 2.37 bits per heavy atom. The largest absolute Gasteiger partial charge is 0.326 e. The molecular formula is C20H26N2O3S2. The van der Waals surface area contributed by atoms with Gasteiger partial charge in [0.1, 0.15) is 0 Å². The summed E-state index contributed by atoms with van der Waals surface area (Å²) in [6.07, 6.45) is 0.353. The molecule has 2 rings (SSSR count). The van der Waals surface area contributed by atoms with E-state index in [4.69, 9.17) is 0 Å².